The van der Waals surface area contributed by atoms with Crippen molar-refractivity contribution in [1.29, 1.82) is 0 Å². The molecule has 3 rings (SSSR count). The third kappa shape index (κ3) is 3.08. The number of urea groups is 1. The topological polar surface area (TPSA) is 66.5 Å². The largest absolute Gasteiger partial charge is 0.331 e. The Kier molecular flexibility index (Phi) is 4.07. The van der Waals surface area contributed by atoms with Gasteiger partial charge in [0.25, 0.3) is 0 Å². The fourth-order valence-corrected chi connectivity index (χ4v) is 5.02. The molecule has 1 heterocycles. The summed E-state index contributed by atoms with van der Waals surface area (Å²) in [5, 5.41) is 3.74. The minimum Gasteiger partial charge on any atom is -0.331 e. The lowest BCUT2D eigenvalue weighted by Crippen LogP contribution is -2.53. The van der Waals surface area contributed by atoms with E-state index in [4.69, 9.17) is 11.6 Å². The van der Waals surface area contributed by atoms with Gasteiger partial charge < -0.3 is 10.2 Å². The SMILES string of the molecule is C[C@H]1CS(=O)(=O)CCN1C(=O)N[C@@H]1CCc2cc(Cl)ccc21. The summed E-state index contributed by atoms with van der Waals surface area (Å²) in [4.78, 5) is 14.1. The molecule has 0 unspecified atom stereocenters. The summed E-state index contributed by atoms with van der Waals surface area (Å²) >= 11 is 5.99. The van der Waals surface area contributed by atoms with Gasteiger partial charge in [0.2, 0.25) is 0 Å². The molecule has 1 aliphatic heterocycles. The van der Waals surface area contributed by atoms with E-state index in [9.17, 15) is 13.2 Å². The van der Waals surface area contributed by atoms with Crippen LogP contribution in [0.25, 0.3) is 0 Å². The van der Waals surface area contributed by atoms with Crippen molar-refractivity contribution in [3.8, 4) is 0 Å². The van der Waals surface area contributed by atoms with Crippen LogP contribution >= 0.6 is 11.6 Å². The Morgan fingerprint density at radius 1 is 1.41 bits per heavy atom. The summed E-state index contributed by atoms with van der Waals surface area (Å²) in [6.07, 6.45) is 1.74. The predicted molar refractivity (Wildman–Crippen MR) is 85.9 cm³/mol. The van der Waals surface area contributed by atoms with Crippen LogP contribution in [0.3, 0.4) is 0 Å². The summed E-state index contributed by atoms with van der Waals surface area (Å²) in [5.74, 6) is 0.0822. The Labute approximate surface area is 135 Å². The van der Waals surface area contributed by atoms with Crippen LogP contribution in [0.4, 0.5) is 4.79 Å². The molecule has 2 amide bonds. The van der Waals surface area contributed by atoms with E-state index in [1.165, 1.54) is 5.56 Å². The Balaban J connectivity index is 1.69. The number of carbonyl (C=O) groups excluding carboxylic acids is 1. The molecule has 1 aliphatic carbocycles. The number of benzene rings is 1. The third-order valence-electron chi connectivity index (χ3n) is 4.41. The lowest BCUT2D eigenvalue weighted by atomic mass is 10.1. The van der Waals surface area contributed by atoms with Gasteiger partial charge in [-0.05, 0) is 43.0 Å². The van der Waals surface area contributed by atoms with Gasteiger partial charge in [-0.15, -0.1) is 0 Å². The molecule has 7 heteroatoms. The van der Waals surface area contributed by atoms with Gasteiger partial charge in [-0.25, -0.2) is 13.2 Å². The molecule has 1 saturated heterocycles. The number of rotatable bonds is 1. The van der Waals surface area contributed by atoms with E-state index in [-0.39, 0.29) is 36.2 Å². The number of halogens is 1. The maximum absolute atomic E-state index is 12.4. The van der Waals surface area contributed by atoms with Gasteiger partial charge in [-0.1, -0.05) is 17.7 Å². The number of nitrogens with zero attached hydrogens (tertiary/aromatic N) is 1. The van der Waals surface area contributed by atoms with Crippen LogP contribution in [0.5, 0.6) is 0 Å². The van der Waals surface area contributed by atoms with Gasteiger partial charge in [-0.2, -0.15) is 0 Å². The van der Waals surface area contributed by atoms with Crippen LogP contribution < -0.4 is 5.32 Å². The van der Waals surface area contributed by atoms with Crippen molar-refractivity contribution in [2.45, 2.75) is 31.8 Å². The minimum absolute atomic E-state index is 0.0227. The molecule has 1 aromatic rings. The molecule has 0 aromatic heterocycles. The maximum Gasteiger partial charge on any atom is 0.318 e. The normalized spacial score (nSPS) is 26.5. The van der Waals surface area contributed by atoms with Gasteiger partial charge in [0.1, 0.15) is 0 Å². The molecular formula is C15H19ClN2O3S. The second kappa shape index (κ2) is 5.74. The Morgan fingerprint density at radius 2 is 2.18 bits per heavy atom. The Bertz CT molecular complexity index is 705. The molecule has 2 atom stereocenters. The summed E-state index contributed by atoms with van der Waals surface area (Å²) in [7, 11) is -3.02. The Hall–Kier alpha value is -1.27. The molecule has 120 valence electrons. The molecule has 2 aliphatic rings. The molecule has 22 heavy (non-hydrogen) atoms. The molecule has 1 aromatic carbocycles. The summed E-state index contributed by atoms with van der Waals surface area (Å²) in [5.41, 5.74) is 2.28. The standard InChI is InChI=1S/C15H19ClN2O3S/c1-10-9-22(20,21)7-6-18(10)15(19)17-14-5-2-11-8-12(16)3-4-13(11)14/h3-4,8,10,14H,2,5-7,9H2,1H3,(H,17,19)/t10-,14+/m0/s1. The number of amides is 2. The summed E-state index contributed by atoms with van der Waals surface area (Å²) < 4.78 is 23.2. The average molecular weight is 343 g/mol. The monoisotopic (exact) mass is 342 g/mol. The van der Waals surface area contributed by atoms with Crippen molar-refractivity contribution < 1.29 is 13.2 Å². The fourth-order valence-electron chi connectivity index (χ4n) is 3.27. The van der Waals surface area contributed by atoms with Crippen LogP contribution in [-0.4, -0.2) is 43.4 Å². The van der Waals surface area contributed by atoms with Gasteiger partial charge in [0, 0.05) is 17.6 Å². The summed E-state index contributed by atoms with van der Waals surface area (Å²) in [6.45, 7) is 2.04. The van der Waals surface area contributed by atoms with E-state index in [0.717, 1.165) is 18.4 Å². The molecule has 0 saturated carbocycles. The lowest BCUT2D eigenvalue weighted by Gasteiger charge is -2.34. The van der Waals surface area contributed by atoms with Crippen molar-refractivity contribution in [1.82, 2.24) is 10.2 Å². The predicted octanol–water partition coefficient (Wildman–Crippen LogP) is 2.16. The van der Waals surface area contributed by atoms with E-state index in [2.05, 4.69) is 5.32 Å². The van der Waals surface area contributed by atoms with Crippen LogP contribution in [0.1, 0.15) is 30.5 Å². The first-order valence-electron chi connectivity index (χ1n) is 7.41. The highest BCUT2D eigenvalue weighted by molar-refractivity contribution is 7.91. The van der Waals surface area contributed by atoms with Crippen LogP contribution in [0.15, 0.2) is 18.2 Å². The molecule has 1 fully saturated rings. The number of sulfone groups is 1. The van der Waals surface area contributed by atoms with Crippen molar-refractivity contribution >= 4 is 27.5 Å². The van der Waals surface area contributed by atoms with E-state index >= 15 is 0 Å². The van der Waals surface area contributed by atoms with Crippen molar-refractivity contribution in [3.63, 3.8) is 0 Å². The summed E-state index contributed by atoms with van der Waals surface area (Å²) in [6, 6.07) is 5.24. The second-order valence-corrected chi connectivity index (χ2v) is 8.71. The quantitative estimate of drug-likeness (QED) is 0.850. The highest BCUT2D eigenvalue weighted by Crippen LogP contribution is 2.33. The first-order valence-corrected chi connectivity index (χ1v) is 9.61. The average Bonchev–Trinajstić information content (AvgIpc) is 2.79. The van der Waals surface area contributed by atoms with Crippen LogP contribution in [-0.2, 0) is 16.3 Å². The van der Waals surface area contributed by atoms with Crippen molar-refractivity contribution in [3.05, 3.63) is 34.3 Å². The van der Waals surface area contributed by atoms with Gasteiger partial charge in [0.05, 0.1) is 17.5 Å². The molecule has 5 nitrogen and oxygen atoms in total. The number of aryl methyl sites for hydroxylation is 1. The number of hydrogen-bond donors (Lipinski definition) is 1. The third-order valence-corrected chi connectivity index (χ3v) is 6.44. The highest BCUT2D eigenvalue weighted by atomic mass is 35.5. The smallest absolute Gasteiger partial charge is 0.318 e. The lowest BCUT2D eigenvalue weighted by molar-refractivity contribution is 0.181. The Morgan fingerprint density at radius 3 is 2.91 bits per heavy atom. The van der Waals surface area contributed by atoms with Crippen LogP contribution in [0, 0.1) is 0 Å². The van der Waals surface area contributed by atoms with Gasteiger partial charge in [-0.3, -0.25) is 0 Å². The zero-order valence-corrected chi connectivity index (χ0v) is 14.0. The maximum atomic E-state index is 12.4. The molecule has 0 spiro atoms. The molecule has 1 N–H and O–H groups in total. The minimum atomic E-state index is -3.02. The van der Waals surface area contributed by atoms with E-state index in [1.54, 1.807) is 11.8 Å². The zero-order chi connectivity index (χ0) is 15.9. The highest BCUT2D eigenvalue weighted by Gasteiger charge is 2.33. The van der Waals surface area contributed by atoms with Crippen molar-refractivity contribution in [2.75, 3.05) is 18.1 Å². The number of nitrogens with one attached hydrogen (secondary N) is 1. The molecular weight excluding hydrogens is 324 g/mol. The number of carbonyl (C=O) groups is 1. The molecule has 0 bridgehead atoms. The number of hydrogen-bond acceptors (Lipinski definition) is 3. The van der Waals surface area contributed by atoms with Crippen molar-refractivity contribution in [2.24, 2.45) is 0 Å². The second-order valence-electron chi connectivity index (χ2n) is 6.04. The van der Waals surface area contributed by atoms with E-state index in [0.29, 0.717) is 5.02 Å². The number of fused-ring (bicyclic) bond motifs is 1. The fraction of sp³-hybridized carbons (Fsp3) is 0.533. The van der Waals surface area contributed by atoms with E-state index in [1.807, 2.05) is 18.2 Å². The first kappa shape index (κ1) is 15.6. The van der Waals surface area contributed by atoms with Gasteiger partial charge in [0.15, 0.2) is 9.84 Å². The van der Waals surface area contributed by atoms with Gasteiger partial charge >= 0.3 is 6.03 Å². The first-order chi connectivity index (χ1) is 10.4. The molecule has 0 radical (unpaired) electrons. The zero-order valence-electron chi connectivity index (χ0n) is 12.4. The van der Waals surface area contributed by atoms with E-state index < -0.39 is 9.84 Å². The van der Waals surface area contributed by atoms with Crippen LogP contribution in [0.2, 0.25) is 5.02 Å².